The molecule has 0 radical (unpaired) electrons. The van der Waals surface area contributed by atoms with E-state index in [1.54, 1.807) is 6.92 Å². The summed E-state index contributed by atoms with van der Waals surface area (Å²) in [5, 5.41) is 10.7. The summed E-state index contributed by atoms with van der Waals surface area (Å²) in [5.41, 5.74) is -0.502. The van der Waals surface area contributed by atoms with Crippen LogP contribution in [0, 0.1) is 10.1 Å². The van der Waals surface area contributed by atoms with Gasteiger partial charge in [0.2, 0.25) is 10.0 Å². The number of rotatable bonds is 5. The molecule has 0 aliphatic carbocycles. The van der Waals surface area contributed by atoms with E-state index < -0.39 is 31.4 Å². The number of carbonyl (C=O) groups excluding carboxylic acids is 1. The first-order valence-electron chi connectivity index (χ1n) is 5.70. The summed E-state index contributed by atoms with van der Waals surface area (Å²) in [6, 6.07) is 3.13. The number of hydrogen-bond donors (Lipinski definition) is 1. The van der Waals surface area contributed by atoms with E-state index in [0.717, 1.165) is 18.2 Å². The molecule has 0 bridgehead atoms. The summed E-state index contributed by atoms with van der Waals surface area (Å²) in [7, 11) is -1.05. The Kier molecular flexibility index (Phi) is 4.79. The van der Waals surface area contributed by atoms with Crippen molar-refractivity contribution in [2.24, 2.45) is 0 Å². The standard InChI is InChI=1S/C11H15N3O5S/c1-4-12-20(18,19)10-7-8(14(16)17)5-6-9(10)11(15)13(2)3/h5-7,12H,4H2,1-3H3. The van der Waals surface area contributed by atoms with Gasteiger partial charge in [-0.05, 0) is 6.07 Å². The maximum atomic E-state index is 12.1. The summed E-state index contributed by atoms with van der Waals surface area (Å²) < 4.78 is 26.3. The van der Waals surface area contributed by atoms with Crippen molar-refractivity contribution in [2.45, 2.75) is 11.8 Å². The minimum absolute atomic E-state index is 0.110. The number of hydrogen-bond acceptors (Lipinski definition) is 5. The highest BCUT2D eigenvalue weighted by atomic mass is 32.2. The molecule has 0 saturated heterocycles. The van der Waals surface area contributed by atoms with Crippen molar-refractivity contribution in [3.8, 4) is 0 Å². The van der Waals surface area contributed by atoms with E-state index in [0.29, 0.717) is 0 Å². The van der Waals surface area contributed by atoms with E-state index in [-0.39, 0.29) is 12.1 Å². The lowest BCUT2D eigenvalue weighted by Gasteiger charge is -2.14. The summed E-state index contributed by atoms with van der Waals surface area (Å²) >= 11 is 0. The van der Waals surface area contributed by atoms with Crippen LogP contribution in [0.3, 0.4) is 0 Å². The molecule has 1 aromatic rings. The van der Waals surface area contributed by atoms with E-state index in [1.165, 1.54) is 19.0 Å². The molecule has 9 heteroatoms. The molecule has 0 spiro atoms. The van der Waals surface area contributed by atoms with Crippen LogP contribution < -0.4 is 4.72 Å². The highest BCUT2D eigenvalue weighted by Gasteiger charge is 2.25. The van der Waals surface area contributed by atoms with E-state index >= 15 is 0 Å². The topological polar surface area (TPSA) is 110 Å². The van der Waals surface area contributed by atoms with Crippen LogP contribution in [-0.4, -0.2) is 44.8 Å². The van der Waals surface area contributed by atoms with Gasteiger partial charge in [0.05, 0.1) is 10.5 Å². The molecule has 0 saturated carbocycles. The fraction of sp³-hybridized carbons (Fsp3) is 0.364. The number of sulfonamides is 1. The molecule has 1 N–H and O–H groups in total. The number of nitrogens with zero attached hydrogens (tertiary/aromatic N) is 2. The molecule has 0 fully saturated rings. The van der Waals surface area contributed by atoms with Gasteiger partial charge < -0.3 is 4.90 Å². The highest BCUT2D eigenvalue weighted by molar-refractivity contribution is 7.89. The van der Waals surface area contributed by atoms with Crippen LogP contribution in [0.4, 0.5) is 5.69 Å². The van der Waals surface area contributed by atoms with Gasteiger partial charge in [-0.2, -0.15) is 0 Å². The maximum Gasteiger partial charge on any atom is 0.270 e. The predicted molar refractivity (Wildman–Crippen MR) is 72.0 cm³/mol. The highest BCUT2D eigenvalue weighted by Crippen LogP contribution is 2.23. The van der Waals surface area contributed by atoms with Crippen molar-refractivity contribution < 1.29 is 18.1 Å². The van der Waals surface area contributed by atoms with Crippen LogP contribution in [0.5, 0.6) is 0 Å². The molecular weight excluding hydrogens is 286 g/mol. The Morgan fingerprint density at radius 1 is 1.40 bits per heavy atom. The Balaban J connectivity index is 3.54. The first kappa shape index (κ1) is 16.1. The SMILES string of the molecule is CCNS(=O)(=O)c1cc([N+](=O)[O-])ccc1C(=O)N(C)C. The molecule has 0 unspecified atom stereocenters. The third kappa shape index (κ3) is 3.31. The minimum atomic E-state index is -3.98. The smallest absolute Gasteiger partial charge is 0.270 e. The van der Waals surface area contributed by atoms with Crippen LogP contribution >= 0.6 is 0 Å². The number of carbonyl (C=O) groups is 1. The molecule has 110 valence electrons. The van der Waals surface area contributed by atoms with E-state index in [4.69, 9.17) is 0 Å². The van der Waals surface area contributed by atoms with Crippen LogP contribution in [-0.2, 0) is 10.0 Å². The van der Waals surface area contributed by atoms with Gasteiger partial charge in [-0.1, -0.05) is 6.92 Å². The third-order valence-corrected chi connectivity index (χ3v) is 4.02. The van der Waals surface area contributed by atoms with Crippen LogP contribution in [0.1, 0.15) is 17.3 Å². The van der Waals surface area contributed by atoms with Gasteiger partial charge >= 0.3 is 0 Å². The minimum Gasteiger partial charge on any atom is -0.345 e. The van der Waals surface area contributed by atoms with Gasteiger partial charge in [0.25, 0.3) is 11.6 Å². The van der Waals surface area contributed by atoms with Gasteiger partial charge in [0.15, 0.2) is 0 Å². The molecule has 1 amide bonds. The fourth-order valence-corrected chi connectivity index (χ4v) is 2.79. The molecule has 1 aromatic carbocycles. The number of amides is 1. The molecule has 0 heterocycles. The van der Waals surface area contributed by atoms with Crippen molar-refractivity contribution in [1.29, 1.82) is 0 Å². The Morgan fingerprint density at radius 2 is 2.00 bits per heavy atom. The molecule has 0 aromatic heterocycles. The average molecular weight is 301 g/mol. The normalized spacial score (nSPS) is 11.2. The summed E-state index contributed by atoms with van der Waals surface area (Å²) in [6.45, 7) is 1.68. The summed E-state index contributed by atoms with van der Waals surface area (Å²) in [4.78, 5) is 22.8. The lowest BCUT2D eigenvalue weighted by molar-refractivity contribution is -0.385. The van der Waals surface area contributed by atoms with Gasteiger partial charge in [0.1, 0.15) is 4.90 Å². The third-order valence-electron chi connectivity index (χ3n) is 2.44. The monoisotopic (exact) mass is 301 g/mol. The van der Waals surface area contributed by atoms with Gasteiger partial charge in [-0.15, -0.1) is 0 Å². The van der Waals surface area contributed by atoms with Crippen molar-refractivity contribution in [2.75, 3.05) is 20.6 Å². The molecule has 1 rings (SSSR count). The Morgan fingerprint density at radius 3 is 2.45 bits per heavy atom. The zero-order valence-electron chi connectivity index (χ0n) is 11.3. The lowest BCUT2D eigenvalue weighted by Crippen LogP contribution is -2.28. The van der Waals surface area contributed by atoms with Crippen molar-refractivity contribution in [3.05, 3.63) is 33.9 Å². The predicted octanol–water partition coefficient (Wildman–Crippen LogP) is 0.595. The fourth-order valence-electron chi connectivity index (χ4n) is 1.53. The Labute approximate surface area is 116 Å². The van der Waals surface area contributed by atoms with Gasteiger partial charge in [0, 0.05) is 32.8 Å². The molecule has 0 aliphatic heterocycles. The molecule has 8 nitrogen and oxygen atoms in total. The second kappa shape index (κ2) is 5.97. The zero-order valence-corrected chi connectivity index (χ0v) is 12.1. The second-order valence-corrected chi connectivity index (χ2v) is 5.87. The van der Waals surface area contributed by atoms with E-state index in [2.05, 4.69) is 4.72 Å². The molecule has 20 heavy (non-hydrogen) atoms. The Hall–Kier alpha value is -2.00. The number of nitrogens with one attached hydrogen (secondary N) is 1. The zero-order chi connectivity index (χ0) is 15.5. The quantitative estimate of drug-likeness (QED) is 0.632. The second-order valence-electron chi connectivity index (χ2n) is 4.14. The lowest BCUT2D eigenvalue weighted by atomic mass is 10.2. The number of benzene rings is 1. The molecule has 0 atom stereocenters. The molecule has 0 aliphatic rings. The van der Waals surface area contributed by atoms with Crippen LogP contribution in [0.15, 0.2) is 23.1 Å². The maximum absolute atomic E-state index is 12.1. The summed E-state index contributed by atoms with van der Waals surface area (Å²) in [5.74, 6) is -0.545. The Bertz CT molecular complexity index is 639. The number of non-ortho nitro benzene ring substituents is 1. The van der Waals surface area contributed by atoms with Crippen LogP contribution in [0.25, 0.3) is 0 Å². The van der Waals surface area contributed by atoms with Crippen molar-refractivity contribution in [1.82, 2.24) is 9.62 Å². The first-order valence-corrected chi connectivity index (χ1v) is 7.18. The van der Waals surface area contributed by atoms with Gasteiger partial charge in [-0.3, -0.25) is 14.9 Å². The number of nitro benzene ring substituents is 1. The molecular formula is C11H15N3O5S. The van der Waals surface area contributed by atoms with Crippen molar-refractivity contribution in [3.63, 3.8) is 0 Å². The van der Waals surface area contributed by atoms with E-state index in [1.807, 2.05) is 0 Å². The average Bonchev–Trinajstić information content (AvgIpc) is 2.36. The largest absolute Gasteiger partial charge is 0.345 e. The van der Waals surface area contributed by atoms with Gasteiger partial charge in [-0.25, -0.2) is 13.1 Å². The van der Waals surface area contributed by atoms with Crippen molar-refractivity contribution >= 4 is 21.6 Å². The van der Waals surface area contributed by atoms with Crippen LogP contribution in [0.2, 0.25) is 0 Å². The summed E-state index contributed by atoms with van der Waals surface area (Å²) in [6.07, 6.45) is 0. The first-order chi connectivity index (χ1) is 9.20. The van der Waals surface area contributed by atoms with E-state index in [9.17, 15) is 23.3 Å². The number of nitro groups is 1.